The van der Waals surface area contributed by atoms with Crippen LogP contribution in [-0.2, 0) is 9.53 Å². The van der Waals surface area contributed by atoms with Gasteiger partial charge in [0.05, 0.1) is 18.6 Å². The van der Waals surface area contributed by atoms with E-state index in [9.17, 15) is 14.0 Å². The van der Waals surface area contributed by atoms with Crippen molar-refractivity contribution < 1.29 is 18.7 Å². The predicted octanol–water partition coefficient (Wildman–Crippen LogP) is 2.94. The molecule has 0 radical (unpaired) electrons. The van der Waals surface area contributed by atoms with Crippen LogP contribution in [0.15, 0.2) is 18.2 Å². The van der Waals surface area contributed by atoms with E-state index in [0.29, 0.717) is 6.42 Å². The van der Waals surface area contributed by atoms with Crippen LogP contribution in [0.2, 0.25) is 5.02 Å². The van der Waals surface area contributed by atoms with E-state index in [2.05, 4.69) is 5.32 Å². The average molecular weight is 314 g/mol. The van der Waals surface area contributed by atoms with Gasteiger partial charge < -0.3 is 10.1 Å². The standard InChI is InChI=1S/C15H17ClFNO3/c1-21-15(20)9-3-2-4-11(7-9)18-14(19)12-6-5-10(16)8-13(12)17/h5-6,8-9,11H,2-4,7H2,1H3,(H,18,19)/t9-,11-/m1/s1. The third-order valence-electron chi connectivity index (χ3n) is 3.72. The minimum Gasteiger partial charge on any atom is -0.469 e. The predicted molar refractivity (Wildman–Crippen MR) is 76.6 cm³/mol. The largest absolute Gasteiger partial charge is 0.469 e. The molecule has 0 aliphatic heterocycles. The second-order valence-corrected chi connectivity index (χ2v) is 5.62. The minimum atomic E-state index is -0.652. The first kappa shape index (κ1) is 15.8. The smallest absolute Gasteiger partial charge is 0.308 e. The van der Waals surface area contributed by atoms with Gasteiger partial charge in [0.2, 0.25) is 0 Å². The third-order valence-corrected chi connectivity index (χ3v) is 3.95. The fraction of sp³-hybridized carbons (Fsp3) is 0.467. The lowest BCUT2D eigenvalue weighted by atomic mass is 9.85. The fourth-order valence-corrected chi connectivity index (χ4v) is 2.80. The highest BCUT2D eigenvalue weighted by molar-refractivity contribution is 6.30. The van der Waals surface area contributed by atoms with E-state index in [0.717, 1.165) is 25.3 Å². The van der Waals surface area contributed by atoms with E-state index in [1.165, 1.54) is 19.2 Å². The molecule has 0 spiro atoms. The van der Waals surface area contributed by atoms with Gasteiger partial charge in [0, 0.05) is 11.1 Å². The van der Waals surface area contributed by atoms with Crippen LogP contribution in [0.3, 0.4) is 0 Å². The molecule has 1 saturated carbocycles. The highest BCUT2D eigenvalue weighted by Gasteiger charge is 2.29. The molecule has 2 atom stereocenters. The maximum absolute atomic E-state index is 13.7. The van der Waals surface area contributed by atoms with Gasteiger partial charge in [0.15, 0.2) is 0 Å². The first-order chi connectivity index (χ1) is 10.0. The van der Waals surface area contributed by atoms with E-state index < -0.39 is 11.7 Å². The van der Waals surface area contributed by atoms with Crippen molar-refractivity contribution >= 4 is 23.5 Å². The molecule has 2 rings (SSSR count). The number of rotatable bonds is 3. The van der Waals surface area contributed by atoms with Crippen molar-refractivity contribution in [3.8, 4) is 0 Å². The molecule has 1 amide bonds. The van der Waals surface area contributed by atoms with E-state index in [4.69, 9.17) is 16.3 Å². The maximum Gasteiger partial charge on any atom is 0.308 e. The van der Waals surface area contributed by atoms with Crippen molar-refractivity contribution in [1.29, 1.82) is 0 Å². The second-order valence-electron chi connectivity index (χ2n) is 5.18. The molecule has 1 fully saturated rings. The number of methoxy groups -OCH3 is 1. The minimum absolute atomic E-state index is 0.0420. The van der Waals surface area contributed by atoms with Gasteiger partial charge in [-0.3, -0.25) is 9.59 Å². The van der Waals surface area contributed by atoms with Gasteiger partial charge in [0.1, 0.15) is 5.82 Å². The summed E-state index contributed by atoms with van der Waals surface area (Å²) in [5, 5.41) is 3.02. The normalized spacial score (nSPS) is 21.7. The molecule has 1 aromatic rings. The van der Waals surface area contributed by atoms with Crippen molar-refractivity contribution in [2.75, 3.05) is 7.11 Å². The van der Waals surface area contributed by atoms with Crippen molar-refractivity contribution in [1.82, 2.24) is 5.32 Å². The molecule has 0 aromatic heterocycles. The Balaban J connectivity index is 2.00. The Morgan fingerprint density at radius 2 is 2.14 bits per heavy atom. The first-order valence-corrected chi connectivity index (χ1v) is 7.22. The number of nitrogens with one attached hydrogen (secondary N) is 1. The summed E-state index contributed by atoms with van der Waals surface area (Å²) in [6.45, 7) is 0. The zero-order chi connectivity index (χ0) is 15.4. The van der Waals surface area contributed by atoms with Crippen LogP contribution in [-0.4, -0.2) is 25.0 Å². The molecular formula is C15H17ClFNO3. The summed E-state index contributed by atoms with van der Waals surface area (Å²) in [4.78, 5) is 23.6. The Morgan fingerprint density at radius 1 is 1.38 bits per heavy atom. The molecular weight excluding hydrogens is 297 g/mol. The van der Waals surface area contributed by atoms with Crippen molar-refractivity contribution in [2.24, 2.45) is 5.92 Å². The van der Waals surface area contributed by atoms with Crippen molar-refractivity contribution in [3.05, 3.63) is 34.6 Å². The number of hydrogen-bond acceptors (Lipinski definition) is 3. The van der Waals surface area contributed by atoms with E-state index in [1.54, 1.807) is 0 Å². The highest BCUT2D eigenvalue weighted by atomic mass is 35.5. The summed E-state index contributed by atoms with van der Waals surface area (Å²) in [6, 6.07) is 3.78. The van der Waals surface area contributed by atoms with Crippen LogP contribution in [0, 0.1) is 11.7 Å². The lowest BCUT2D eigenvalue weighted by Crippen LogP contribution is -2.40. The molecule has 6 heteroatoms. The van der Waals surface area contributed by atoms with Crippen LogP contribution < -0.4 is 5.32 Å². The lowest BCUT2D eigenvalue weighted by Gasteiger charge is -2.28. The molecule has 4 nitrogen and oxygen atoms in total. The summed E-state index contributed by atoms with van der Waals surface area (Å²) < 4.78 is 18.4. The van der Waals surface area contributed by atoms with Crippen LogP contribution in [0.1, 0.15) is 36.0 Å². The van der Waals surface area contributed by atoms with Gasteiger partial charge in [0.25, 0.3) is 5.91 Å². The quantitative estimate of drug-likeness (QED) is 0.873. The van der Waals surface area contributed by atoms with Crippen molar-refractivity contribution in [2.45, 2.75) is 31.7 Å². The third kappa shape index (κ3) is 3.94. The number of esters is 1. The maximum atomic E-state index is 13.7. The number of carbonyl (C=O) groups is 2. The van der Waals surface area contributed by atoms with Gasteiger partial charge in [-0.2, -0.15) is 0 Å². The zero-order valence-corrected chi connectivity index (χ0v) is 12.5. The van der Waals surface area contributed by atoms with E-state index in [1.807, 2.05) is 0 Å². The van der Waals surface area contributed by atoms with Crippen LogP contribution in [0.4, 0.5) is 4.39 Å². The Kier molecular flexibility index (Phi) is 5.17. The number of amides is 1. The summed E-state index contributed by atoms with van der Waals surface area (Å²) in [5.41, 5.74) is -0.0420. The van der Waals surface area contributed by atoms with Gasteiger partial charge >= 0.3 is 5.97 Å². The Morgan fingerprint density at radius 3 is 2.81 bits per heavy atom. The molecule has 21 heavy (non-hydrogen) atoms. The first-order valence-electron chi connectivity index (χ1n) is 6.85. The SMILES string of the molecule is COC(=O)[C@@H]1CCC[C@@H](NC(=O)c2ccc(Cl)cc2F)C1. The topological polar surface area (TPSA) is 55.4 Å². The molecule has 0 heterocycles. The molecule has 0 unspecified atom stereocenters. The van der Waals surface area contributed by atoms with Gasteiger partial charge in [-0.1, -0.05) is 18.0 Å². The highest BCUT2D eigenvalue weighted by Crippen LogP contribution is 2.25. The Bertz CT molecular complexity index is 550. The lowest BCUT2D eigenvalue weighted by molar-refractivity contribution is -0.146. The molecule has 1 N–H and O–H groups in total. The number of halogens is 2. The average Bonchev–Trinajstić information content (AvgIpc) is 2.46. The molecule has 0 bridgehead atoms. The number of hydrogen-bond donors (Lipinski definition) is 1. The number of carbonyl (C=O) groups excluding carboxylic acids is 2. The summed E-state index contributed by atoms with van der Waals surface area (Å²) in [7, 11) is 1.35. The van der Waals surface area contributed by atoms with Crippen molar-refractivity contribution in [3.63, 3.8) is 0 Å². The Hall–Kier alpha value is -1.62. The molecule has 1 aliphatic carbocycles. The van der Waals surface area contributed by atoms with Gasteiger partial charge in [-0.05, 0) is 37.5 Å². The number of benzene rings is 1. The van der Waals surface area contributed by atoms with Crippen LogP contribution in [0.25, 0.3) is 0 Å². The summed E-state index contributed by atoms with van der Waals surface area (Å²) in [5.74, 6) is -1.60. The molecule has 114 valence electrons. The van der Waals surface area contributed by atoms with Gasteiger partial charge in [-0.15, -0.1) is 0 Å². The Labute approximate surface area is 127 Å². The van der Waals surface area contributed by atoms with E-state index >= 15 is 0 Å². The molecule has 0 saturated heterocycles. The zero-order valence-electron chi connectivity index (χ0n) is 11.7. The number of ether oxygens (including phenoxy) is 1. The summed E-state index contributed by atoms with van der Waals surface area (Å²) in [6.07, 6.45) is 2.88. The monoisotopic (exact) mass is 313 g/mol. The molecule has 1 aliphatic rings. The van der Waals surface area contributed by atoms with Gasteiger partial charge in [-0.25, -0.2) is 4.39 Å². The summed E-state index contributed by atoms with van der Waals surface area (Å²) >= 11 is 5.66. The second kappa shape index (κ2) is 6.89. The van der Waals surface area contributed by atoms with E-state index in [-0.39, 0.29) is 28.5 Å². The fourth-order valence-electron chi connectivity index (χ4n) is 2.64. The molecule has 1 aromatic carbocycles. The van der Waals surface area contributed by atoms with Crippen LogP contribution in [0.5, 0.6) is 0 Å². The van der Waals surface area contributed by atoms with Crippen LogP contribution >= 0.6 is 11.6 Å².